The maximum absolute atomic E-state index is 5.84. The number of rotatable bonds is 7. The number of hydrogen-bond acceptors (Lipinski definition) is 2. The fourth-order valence-electron chi connectivity index (χ4n) is 1.90. The first kappa shape index (κ1) is 15.0. The summed E-state index contributed by atoms with van der Waals surface area (Å²) < 4.78 is 5.84. The van der Waals surface area contributed by atoms with Crippen molar-refractivity contribution in [2.75, 3.05) is 19.7 Å². The van der Waals surface area contributed by atoms with E-state index in [1.807, 2.05) is 0 Å². The molecule has 1 aromatic carbocycles. The molecule has 0 fully saturated rings. The van der Waals surface area contributed by atoms with Crippen LogP contribution in [-0.2, 0) is 0 Å². The third-order valence-electron chi connectivity index (χ3n) is 3.20. The second-order valence-corrected chi connectivity index (χ2v) is 5.49. The van der Waals surface area contributed by atoms with Crippen LogP contribution < -0.4 is 10.1 Å². The molecule has 0 spiro atoms. The van der Waals surface area contributed by atoms with E-state index < -0.39 is 0 Å². The summed E-state index contributed by atoms with van der Waals surface area (Å²) in [5.74, 6) is 1.79. The van der Waals surface area contributed by atoms with E-state index in [4.69, 9.17) is 4.74 Å². The van der Waals surface area contributed by atoms with E-state index in [0.717, 1.165) is 31.4 Å². The molecule has 18 heavy (non-hydrogen) atoms. The lowest BCUT2D eigenvalue weighted by atomic mass is 10.1. The van der Waals surface area contributed by atoms with E-state index in [0.29, 0.717) is 0 Å². The number of hydrogen-bond donors (Lipinski definition) is 1. The van der Waals surface area contributed by atoms with E-state index in [1.54, 1.807) is 0 Å². The molecule has 0 amide bonds. The van der Waals surface area contributed by atoms with Gasteiger partial charge in [0, 0.05) is 6.54 Å². The molecule has 0 aliphatic carbocycles. The van der Waals surface area contributed by atoms with Crippen molar-refractivity contribution in [2.45, 2.75) is 41.0 Å². The predicted molar refractivity (Wildman–Crippen MR) is 78.5 cm³/mol. The summed E-state index contributed by atoms with van der Waals surface area (Å²) in [6, 6.07) is 4.32. The Hall–Kier alpha value is -1.02. The Morgan fingerprint density at radius 3 is 2.50 bits per heavy atom. The normalized spacial score (nSPS) is 11.0. The van der Waals surface area contributed by atoms with Gasteiger partial charge in [0.25, 0.3) is 0 Å². The van der Waals surface area contributed by atoms with Crippen LogP contribution in [0.2, 0.25) is 0 Å². The molecule has 0 saturated heterocycles. The van der Waals surface area contributed by atoms with Crippen LogP contribution in [0.5, 0.6) is 5.75 Å². The molecule has 2 heteroatoms. The zero-order valence-corrected chi connectivity index (χ0v) is 12.5. The highest BCUT2D eigenvalue weighted by molar-refractivity contribution is 5.41. The third kappa shape index (κ3) is 5.09. The number of aryl methyl sites for hydroxylation is 2. The lowest BCUT2D eigenvalue weighted by Crippen LogP contribution is -2.23. The van der Waals surface area contributed by atoms with Gasteiger partial charge in [-0.05, 0) is 62.4 Å². The van der Waals surface area contributed by atoms with Crippen LogP contribution in [0, 0.1) is 26.7 Å². The van der Waals surface area contributed by atoms with Crippen LogP contribution in [0.15, 0.2) is 12.1 Å². The van der Waals surface area contributed by atoms with Gasteiger partial charge in [0.1, 0.15) is 12.4 Å². The van der Waals surface area contributed by atoms with E-state index in [-0.39, 0.29) is 0 Å². The van der Waals surface area contributed by atoms with Crippen LogP contribution in [0.1, 0.15) is 37.0 Å². The van der Waals surface area contributed by atoms with E-state index in [1.165, 1.54) is 23.1 Å². The highest BCUT2D eigenvalue weighted by Crippen LogP contribution is 2.22. The Morgan fingerprint density at radius 1 is 1.11 bits per heavy atom. The molecule has 0 atom stereocenters. The number of ether oxygens (including phenoxy) is 1. The summed E-state index contributed by atoms with van der Waals surface area (Å²) in [6.07, 6.45) is 1.22. The van der Waals surface area contributed by atoms with Crippen molar-refractivity contribution < 1.29 is 4.74 Å². The largest absolute Gasteiger partial charge is 0.492 e. The smallest absolute Gasteiger partial charge is 0.122 e. The lowest BCUT2D eigenvalue weighted by molar-refractivity contribution is 0.310. The molecule has 1 rings (SSSR count). The Balaban J connectivity index is 2.31. The molecule has 2 nitrogen and oxygen atoms in total. The van der Waals surface area contributed by atoms with Gasteiger partial charge >= 0.3 is 0 Å². The Morgan fingerprint density at radius 2 is 1.83 bits per heavy atom. The van der Waals surface area contributed by atoms with Crippen molar-refractivity contribution in [2.24, 2.45) is 5.92 Å². The maximum Gasteiger partial charge on any atom is 0.122 e. The average molecular weight is 249 g/mol. The van der Waals surface area contributed by atoms with Gasteiger partial charge in [0.15, 0.2) is 0 Å². The van der Waals surface area contributed by atoms with Gasteiger partial charge in [-0.25, -0.2) is 0 Å². The summed E-state index contributed by atoms with van der Waals surface area (Å²) in [5, 5.41) is 3.41. The van der Waals surface area contributed by atoms with E-state index in [2.05, 4.69) is 52.1 Å². The van der Waals surface area contributed by atoms with Crippen molar-refractivity contribution in [1.29, 1.82) is 0 Å². The van der Waals surface area contributed by atoms with Gasteiger partial charge in [-0.15, -0.1) is 0 Å². The minimum absolute atomic E-state index is 0.738. The quantitative estimate of drug-likeness (QED) is 0.745. The zero-order valence-electron chi connectivity index (χ0n) is 12.5. The van der Waals surface area contributed by atoms with Crippen LogP contribution in [0.4, 0.5) is 0 Å². The van der Waals surface area contributed by atoms with Crippen LogP contribution in [0.25, 0.3) is 0 Å². The first-order valence-electron chi connectivity index (χ1n) is 6.92. The van der Waals surface area contributed by atoms with Crippen molar-refractivity contribution >= 4 is 0 Å². The fourth-order valence-corrected chi connectivity index (χ4v) is 1.90. The van der Waals surface area contributed by atoms with Gasteiger partial charge in [-0.3, -0.25) is 0 Å². The zero-order chi connectivity index (χ0) is 13.5. The molecule has 0 aliphatic rings. The second kappa shape index (κ2) is 7.42. The van der Waals surface area contributed by atoms with E-state index >= 15 is 0 Å². The van der Waals surface area contributed by atoms with Gasteiger partial charge in [-0.1, -0.05) is 19.9 Å². The first-order valence-corrected chi connectivity index (χ1v) is 6.92. The molecular weight excluding hydrogens is 222 g/mol. The third-order valence-corrected chi connectivity index (χ3v) is 3.20. The number of nitrogens with one attached hydrogen (secondary N) is 1. The Bertz CT molecular complexity index is 372. The van der Waals surface area contributed by atoms with Crippen LogP contribution in [0.3, 0.4) is 0 Å². The lowest BCUT2D eigenvalue weighted by Gasteiger charge is -2.13. The SMILES string of the molecule is Cc1cc(C)c(C)c(OCCNCCC(C)C)c1. The molecule has 0 saturated carbocycles. The van der Waals surface area contributed by atoms with Crippen molar-refractivity contribution in [3.8, 4) is 5.75 Å². The maximum atomic E-state index is 5.84. The Labute approximate surface area is 112 Å². The van der Waals surface area contributed by atoms with Crippen molar-refractivity contribution in [3.63, 3.8) is 0 Å². The fraction of sp³-hybridized carbons (Fsp3) is 0.625. The standard InChI is InChI=1S/C16H27NO/c1-12(2)6-7-17-8-9-18-16-11-13(3)10-14(4)15(16)5/h10-12,17H,6-9H2,1-5H3. The first-order chi connectivity index (χ1) is 8.50. The Kier molecular flexibility index (Phi) is 6.20. The van der Waals surface area contributed by atoms with Crippen LogP contribution >= 0.6 is 0 Å². The van der Waals surface area contributed by atoms with Gasteiger partial charge in [-0.2, -0.15) is 0 Å². The highest BCUT2D eigenvalue weighted by atomic mass is 16.5. The minimum atomic E-state index is 0.738. The summed E-state index contributed by atoms with van der Waals surface area (Å²) in [5.41, 5.74) is 3.82. The van der Waals surface area contributed by atoms with Gasteiger partial charge < -0.3 is 10.1 Å². The molecular formula is C16H27NO. The topological polar surface area (TPSA) is 21.3 Å². The molecule has 102 valence electrons. The molecule has 0 aliphatic heterocycles. The number of benzene rings is 1. The summed E-state index contributed by atoms with van der Waals surface area (Å²) in [6.45, 7) is 13.6. The molecule has 0 aromatic heterocycles. The monoisotopic (exact) mass is 249 g/mol. The molecule has 1 aromatic rings. The minimum Gasteiger partial charge on any atom is -0.492 e. The van der Waals surface area contributed by atoms with Crippen LogP contribution in [-0.4, -0.2) is 19.7 Å². The van der Waals surface area contributed by atoms with Crippen molar-refractivity contribution in [3.05, 3.63) is 28.8 Å². The highest BCUT2D eigenvalue weighted by Gasteiger charge is 2.03. The second-order valence-electron chi connectivity index (χ2n) is 5.49. The molecule has 0 radical (unpaired) electrons. The average Bonchev–Trinajstić information content (AvgIpc) is 2.29. The summed E-state index contributed by atoms with van der Waals surface area (Å²) in [7, 11) is 0. The van der Waals surface area contributed by atoms with E-state index in [9.17, 15) is 0 Å². The summed E-state index contributed by atoms with van der Waals surface area (Å²) >= 11 is 0. The predicted octanol–water partition coefficient (Wildman–Crippen LogP) is 3.63. The molecule has 0 bridgehead atoms. The van der Waals surface area contributed by atoms with Gasteiger partial charge in [0.2, 0.25) is 0 Å². The molecule has 0 heterocycles. The summed E-state index contributed by atoms with van der Waals surface area (Å²) in [4.78, 5) is 0. The van der Waals surface area contributed by atoms with Crippen molar-refractivity contribution in [1.82, 2.24) is 5.32 Å². The molecule has 1 N–H and O–H groups in total. The van der Waals surface area contributed by atoms with Gasteiger partial charge in [0.05, 0.1) is 0 Å². The molecule has 0 unspecified atom stereocenters.